The fourth-order valence-corrected chi connectivity index (χ4v) is 4.48. The van der Waals surface area contributed by atoms with Crippen LogP contribution in [0.4, 0.5) is 4.79 Å². The smallest absolute Gasteiger partial charge is 0.406 e. The van der Waals surface area contributed by atoms with Crippen LogP contribution in [0.1, 0.15) is 52.4 Å². The van der Waals surface area contributed by atoms with Crippen LogP contribution in [0.25, 0.3) is 0 Å². The van der Waals surface area contributed by atoms with Crippen LogP contribution in [0, 0.1) is 12.8 Å². The van der Waals surface area contributed by atoms with Gasteiger partial charge in [0.05, 0.1) is 13.7 Å². The number of carbonyl (C=O) groups is 2. The minimum absolute atomic E-state index is 0.118. The summed E-state index contributed by atoms with van der Waals surface area (Å²) in [6.07, 6.45) is 2.36. The van der Waals surface area contributed by atoms with E-state index in [2.05, 4.69) is 26.8 Å². The van der Waals surface area contributed by atoms with Crippen molar-refractivity contribution in [1.82, 2.24) is 16.0 Å². The summed E-state index contributed by atoms with van der Waals surface area (Å²) in [7, 11) is 3.26. The number of nitrogens with one attached hydrogen (secondary N) is 3. The Hall–Kier alpha value is -2.94. The van der Waals surface area contributed by atoms with E-state index in [9.17, 15) is 9.59 Å². The van der Waals surface area contributed by atoms with E-state index in [1.54, 1.807) is 0 Å². The Morgan fingerprint density at radius 3 is 2.58 bits per heavy atom. The average molecular weight is 498 g/mol. The van der Waals surface area contributed by atoms with E-state index in [4.69, 9.17) is 9.47 Å². The first-order valence-electron chi connectivity index (χ1n) is 12.6. The van der Waals surface area contributed by atoms with Crippen molar-refractivity contribution in [2.75, 3.05) is 47.1 Å². The normalized spacial score (nSPS) is 17.1. The first-order valence-corrected chi connectivity index (χ1v) is 12.6. The molecule has 1 fully saturated rings. The van der Waals surface area contributed by atoms with Crippen molar-refractivity contribution in [3.63, 3.8) is 0 Å². The molecule has 0 saturated carbocycles. The van der Waals surface area contributed by atoms with Crippen molar-refractivity contribution in [3.05, 3.63) is 70.8 Å². The lowest BCUT2D eigenvalue weighted by Crippen LogP contribution is -2.41. The Bertz CT molecular complexity index is 977. The summed E-state index contributed by atoms with van der Waals surface area (Å²) < 4.78 is 16.4. The molecule has 3 atom stereocenters. The molecule has 2 amide bonds. The van der Waals surface area contributed by atoms with E-state index in [-0.39, 0.29) is 18.1 Å². The number of amides is 2. The summed E-state index contributed by atoms with van der Waals surface area (Å²) in [5.74, 6) is 0.407. The van der Waals surface area contributed by atoms with Gasteiger partial charge in [-0.2, -0.15) is 0 Å². The number of hydrogen-bond acceptors (Lipinski definition) is 6. The average Bonchev–Trinajstić information content (AvgIpc) is 2.91. The first-order chi connectivity index (χ1) is 17.5. The molecular formula is C28H39N3O5. The van der Waals surface area contributed by atoms with Gasteiger partial charge in [-0.3, -0.25) is 4.79 Å². The molecule has 3 rings (SSSR count). The maximum Gasteiger partial charge on any atom is 0.406 e. The van der Waals surface area contributed by atoms with Crippen LogP contribution in [0.3, 0.4) is 0 Å². The monoisotopic (exact) mass is 497 g/mol. The van der Waals surface area contributed by atoms with Crippen molar-refractivity contribution in [1.29, 1.82) is 0 Å². The van der Waals surface area contributed by atoms with E-state index < -0.39 is 6.09 Å². The number of ether oxygens (including phenoxy) is 3. The molecule has 8 heteroatoms. The zero-order chi connectivity index (χ0) is 25.8. The topological polar surface area (TPSA) is 97.9 Å². The third-order valence-electron chi connectivity index (χ3n) is 6.43. The summed E-state index contributed by atoms with van der Waals surface area (Å²) in [5, 5.41) is 9.04. The Morgan fingerprint density at radius 1 is 1.11 bits per heavy atom. The van der Waals surface area contributed by atoms with E-state index in [1.165, 1.54) is 13.5 Å². The molecule has 1 aliphatic heterocycles. The Balaban J connectivity index is 1.66. The van der Waals surface area contributed by atoms with Gasteiger partial charge in [0, 0.05) is 37.9 Å². The van der Waals surface area contributed by atoms with Crippen LogP contribution in [0.5, 0.6) is 0 Å². The molecule has 8 nitrogen and oxygen atoms in total. The van der Waals surface area contributed by atoms with Gasteiger partial charge in [0.15, 0.2) is 0 Å². The fraction of sp³-hybridized carbons (Fsp3) is 0.500. The largest absolute Gasteiger partial charge is 0.453 e. The second-order valence-corrected chi connectivity index (χ2v) is 9.22. The number of carbonyl (C=O) groups excluding carboxylic acids is 2. The quantitative estimate of drug-likeness (QED) is 0.388. The SMILES string of the molecule is CN[C@@H](CNC(=O)c1cccc(C(OCCNC(=O)OC)c2cccc(C)c2)c1)C[C@H]1CCCOC1. The molecule has 0 bridgehead atoms. The van der Waals surface area contributed by atoms with Crippen LogP contribution in [-0.4, -0.2) is 65.1 Å². The second kappa shape index (κ2) is 14.6. The Morgan fingerprint density at radius 2 is 1.89 bits per heavy atom. The molecule has 0 radical (unpaired) electrons. The van der Waals surface area contributed by atoms with Crippen molar-refractivity contribution in [2.45, 2.75) is 38.3 Å². The van der Waals surface area contributed by atoms with Crippen LogP contribution < -0.4 is 16.0 Å². The minimum atomic E-state index is -0.500. The number of benzene rings is 2. The Kier molecular flexibility index (Phi) is 11.2. The summed E-state index contributed by atoms with van der Waals surface area (Å²) in [6, 6.07) is 15.8. The zero-order valence-electron chi connectivity index (χ0n) is 21.5. The fourth-order valence-electron chi connectivity index (χ4n) is 4.48. The summed E-state index contributed by atoms with van der Waals surface area (Å²) in [5.41, 5.74) is 3.55. The van der Waals surface area contributed by atoms with Crippen LogP contribution in [0.2, 0.25) is 0 Å². The van der Waals surface area contributed by atoms with E-state index >= 15 is 0 Å². The molecule has 2 aromatic carbocycles. The van der Waals surface area contributed by atoms with Gasteiger partial charge in [-0.15, -0.1) is 0 Å². The maximum absolute atomic E-state index is 13.0. The van der Waals surface area contributed by atoms with Crippen molar-refractivity contribution < 1.29 is 23.8 Å². The molecule has 0 aromatic heterocycles. The van der Waals surface area contributed by atoms with Gasteiger partial charge in [0.1, 0.15) is 6.10 Å². The lowest BCUT2D eigenvalue weighted by Gasteiger charge is -2.26. The molecule has 1 aliphatic rings. The van der Waals surface area contributed by atoms with Crippen LogP contribution in [0.15, 0.2) is 48.5 Å². The third kappa shape index (κ3) is 8.62. The van der Waals surface area contributed by atoms with E-state index in [1.807, 2.05) is 56.4 Å². The third-order valence-corrected chi connectivity index (χ3v) is 6.43. The molecule has 1 unspecified atom stereocenters. The summed E-state index contributed by atoms with van der Waals surface area (Å²) in [6.45, 7) is 4.83. The number of hydrogen-bond donors (Lipinski definition) is 3. The number of likely N-dealkylation sites (N-methyl/N-ethyl adjacent to an activating group) is 1. The van der Waals surface area contributed by atoms with E-state index in [0.717, 1.165) is 42.7 Å². The molecular weight excluding hydrogens is 458 g/mol. The predicted octanol–water partition coefficient (Wildman–Crippen LogP) is 3.59. The van der Waals surface area contributed by atoms with Gasteiger partial charge in [-0.25, -0.2) is 4.79 Å². The van der Waals surface area contributed by atoms with Gasteiger partial charge in [-0.05, 0) is 62.4 Å². The van der Waals surface area contributed by atoms with Gasteiger partial charge < -0.3 is 30.2 Å². The summed E-state index contributed by atoms with van der Waals surface area (Å²) in [4.78, 5) is 24.4. The number of methoxy groups -OCH3 is 1. The Labute approximate surface area is 214 Å². The number of aryl methyl sites for hydroxylation is 1. The highest BCUT2D eigenvalue weighted by Gasteiger charge is 2.20. The minimum Gasteiger partial charge on any atom is -0.453 e. The van der Waals surface area contributed by atoms with Gasteiger partial charge in [0.2, 0.25) is 0 Å². The lowest BCUT2D eigenvalue weighted by molar-refractivity contribution is 0.0478. The highest BCUT2D eigenvalue weighted by atomic mass is 16.5. The lowest BCUT2D eigenvalue weighted by atomic mass is 9.94. The highest BCUT2D eigenvalue weighted by Crippen LogP contribution is 2.27. The van der Waals surface area contributed by atoms with E-state index in [0.29, 0.717) is 31.2 Å². The predicted molar refractivity (Wildman–Crippen MR) is 139 cm³/mol. The van der Waals surface area contributed by atoms with Crippen molar-refractivity contribution >= 4 is 12.0 Å². The number of alkyl carbamates (subject to hydrolysis) is 1. The number of rotatable bonds is 12. The van der Waals surface area contributed by atoms with Crippen LogP contribution >= 0.6 is 0 Å². The molecule has 3 N–H and O–H groups in total. The zero-order valence-corrected chi connectivity index (χ0v) is 21.5. The van der Waals surface area contributed by atoms with Gasteiger partial charge in [0.25, 0.3) is 5.91 Å². The van der Waals surface area contributed by atoms with Gasteiger partial charge in [-0.1, -0.05) is 42.0 Å². The standard InChI is InChI=1S/C28H39N3O5/c1-20-7-4-9-22(15-20)26(36-14-12-30-28(33)34-3)23-10-5-11-24(17-23)27(32)31-18-25(29-2)16-21-8-6-13-35-19-21/h4-5,7,9-11,15,17,21,25-26,29H,6,8,12-14,16,18-19H2,1-3H3,(H,30,33)(H,31,32)/t21-,25-,26?/m1/s1. The molecule has 1 saturated heterocycles. The first kappa shape index (κ1) is 27.6. The molecule has 2 aromatic rings. The van der Waals surface area contributed by atoms with Gasteiger partial charge >= 0.3 is 6.09 Å². The molecule has 196 valence electrons. The summed E-state index contributed by atoms with van der Waals surface area (Å²) >= 11 is 0. The molecule has 0 spiro atoms. The molecule has 0 aliphatic carbocycles. The second-order valence-electron chi connectivity index (χ2n) is 9.22. The molecule has 36 heavy (non-hydrogen) atoms. The van der Waals surface area contributed by atoms with Crippen molar-refractivity contribution in [2.24, 2.45) is 5.92 Å². The highest BCUT2D eigenvalue weighted by molar-refractivity contribution is 5.94. The maximum atomic E-state index is 13.0. The molecule has 1 heterocycles. The van der Waals surface area contributed by atoms with Crippen LogP contribution in [-0.2, 0) is 14.2 Å². The van der Waals surface area contributed by atoms with Crippen molar-refractivity contribution in [3.8, 4) is 0 Å².